The highest BCUT2D eigenvalue weighted by atomic mass is 16.5. The molecule has 6 heteroatoms. The predicted octanol–water partition coefficient (Wildman–Crippen LogP) is 6.53. The summed E-state index contributed by atoms with van der Waals surface area (Å²) in [7, 11) is 1.75. The summed E-state index contributed by atoms with van der Waals surface area (Å²) in [5.74, 6) is 0.910. The van der Waals surface area contributed by atoms with Gasteiger partial charge in [-0.05, 0) is 80.7 Å². The molecular weight excluding hydrogens is 443 g/mol. The highest BCUT2D eigenvalue weighted by Gasteiger charge is 2.48. The predicted molar refractivity (Wildman–Crippen MR) is 151 cm³/mol. The van der Waals surface area contributed by atoms with Gasteiger partial charge < -0.3 is 24.6 Å². The summed E-state index contributed by atoms with van der Waals surface area (Å²) in [6.45, 7) is 8.98. The van der Waals surface area contributed by atoms with E-state index in [1.165, 1.54) is 56.4 Å². The second-order valence-electron chi connectivity index (χ2n) is 10.0. The fourth-order valence-corrected chi connectivity index (χ4v) is 6.38. The Bertz CT molecular complexity index is 1550. The van der Waals surface area contributed by atoms with Gasteiger partial charge >= 0.3 is 6.98 Å². The summed E-state index contributed by atoms with van der Waals surface area (Å²) >= 11 is 0. The van der Waals surface area contributed by atoms with Crippen LogP contribution in [0, 0.1) is 20.8 Å². The molecule has 178 valence electrons. The van der Waals surface area contributed by atoms with Gasteiger partial charge in [-0.1, -0.05) is 36.4 Å². The van der Waals surface area contributed by atoms with Crippen LogP contribution in [0.1, 0.15) is 23.6 Å². The van der Waals surface area contributed by atoms with Crippen LogP contribution >= 0.6 is 0 Å². The van der Waals surface area contributed by atoms with Gasteiger partial charge in [0.25, 0.3) is 0 Å². The van der Waals surface area contributed by atoms with E-state index in [4.69, 9.17) is 4.74 Å². The molecule has 4 aromatic rings. The van der Waals surface area contributed by atoms with Crippen LogP contribution in [0.5, 0.6) is 5.75 Å². The van der Waals surface area contributed by atoms with Crippen LogP contribution in [0.15, 0.2) is 72.8 Å². The van der Waals surface area contributed by atoms with Crippen molar-refractivity contribution < 1.29 is 4.74 Å². The molecule has 0 bridgehead atoms. The average Bonchev–Trinajstić information content (AvgIpc) is 3.37. The third-order valence-electron chi connectivity index (χ3n) is 8.22. The molecule has 3 aliphatic heterocycles. The van der Waals surface area contributed by atoms with Crippen LogP contribution in [0.2, 0.25) is 0 Å². The van der Waals surface area contributed by atoms with Gasteiger partial charge in [-0.3, -0.25) is 0 Å². The summed E-state index contributed by atoms with van der Waals surface area (Å²) < 4.78 is 5.71. The lowest BCUT2D eigenvalue weighted by Gasteiger charge is -2.33. The molecule has 5 nitrogen and oxygen atoms in total. The molecule has 7 rings (SSSR count). The molecule has 0 saturated carbocycles. The first-order valence-corrected chi connectivity index (χ1v) is 12.6. The van der Waals surface area contributed by atoms with Crippen molar-refractivity contribution in [1.29, 1.82) is 0 Å². The van der Waals surface area contributed by atoms with Crippen LogP contribution in [-0.4, -0.2) is 20.3 Å². The number of methoxy groups -OCH3 is 1. The minimum Gasteiger partial charge on any atom is -0.496 e. The number of para-hydroxylation sites is 3. The Morgan fingerprint density at radius 2 is 1.44 bits per heavy atom. The van der Waals surface area contributed by atoms with Crippen molar-refractivity contribution in [2.45, 2.75) is 33.9 Å². The third-order valence-corrected chi connectivity index (χ3v) is 8.22. The number of benzene rings is 4. The van der Waals surface area contributed by atoms with Crippen LogP contribution in [0.3, 0.4) is 0 Å². The lowest BCUT2D eigenvalue weighted by atomic mass is 9.65. The lowest BCUT2D eigenvalue weighted by molar-refractivity contribution is 0.411. The van der Waals surface area contributed by atoms with Crippen LogP contribution in [-0.2, 0) is 0 Å². The van der Waals surface area contributed by atoms with Crippen LogP contribution in [0.4, 0.5) is 39.8 Å². The standard InChI is InChI=1S/C30H29BN4O/c1-18-16-17-22-29(19(18)2)34-21(4)33(24-12-9-15-28(36-5)20(24)3)26-13-8-14-27(30(26)34)35-25-11-7-6-10-23(25)32-31(22)35/h6-17,21,32H,1-5H3/t21-/m1/s1. The van der Waals surface area contributed by atoms with E-state index in [1.807, 2.05) is 6.07 Å². The fourth-order valence-electron chi connectivity index (χ4n) is 6.38. The van der Waals surface area contributed by atoms with Crippen molar-refractivity contribution in [3.05, 3.63) is 89.5 Å². The molecule has 3 heterocycles. The van der Waals surface area contributed by atoms with E-state index in [1.54, 1.807) is 7.11 Å². The van der Waals surface area contributed by atoms with Crippen molar-refractivity contribution in [1.82, 2.24) is 0 Å². The Kier molecular flexibility index (Phi) is 4.41. The van der Waals surface area contributed by atoms with Gasteiger partial charge in [0.05, 0.1) is 29.9 Å². The summed E-state index contributed by atoms with van der Waals surface area (Å²) in [5.41, 5.74) is 13.6. The first kappa shape index (κ1) is 21.2. The number of anilines is 7. The minimum absolute atomic E-state index is 0.0352. The molecule has 0 fully saturated rings. The zero-order chi connectivity index (χ0) is 24.7. The number of hydrogen-bond donors (Lipinski definition) is 1. The molecule has 0 aromatic heterocycles. The van der Waals surface area contributed by atoms with Gasteiger partial charge in [-0.2, -0.15) is 0 Å². The summed E-state index contributed by atoms with van der Waals surface area (Å²) in [4.78, 5) is 7.51. The first-order valence-electron chi connectivity index (χ1n) is 12.6. The highest BCUT2D eigenvalue weighted by molar-refractivity contribution is 6.84. The number of fused-ring (bicyclic) bond motifs is 7. The molecule has 0 spiro atoms. The van der Waals surface area contributed by atoms with Crippen molar-refractivity contribution in [2.75, 3.05) is 26.9 Å². The topological polar surface area (TPSA) is 31.0 Å². The van der Waals surface area contributed by atoms with Crippen molar-refractivity contribution >= 4 is 52.3 Å². The van der Waals surface area contributed by atoms with E-state index in [0.29, 0.717) is 0 Å². The average molecular weight is 472 g/mol. The molecule has 1 N–H and O–H groups in total. The number of ether oxygens (including phenoxy) is 1. The van der Waals surface area contributed by atoms with Crippen molar-refractivity contribution in [3.8, 4) is 5.75 Å². The van der Waals surface area contributed by atoms with Gasteiger partial charge in [-0.25, -0.2) is 0 Å². The Labute approximate surface area is 213 Å². The van der Waals surface area contributed by atoms with Gasteiger partial charge in [0, 0.05) is 22.6 Å². The van der Waals surface area contributed by atoms with E-state index in [2.05, 4.69) is 114 Å². The molecule has 0 unspecified atom stereocenters. The second-order valence-corrected chi connectivity index (χ2v) is 10.0. The quantitative estimate of drug-likeness (QED) is 0.336. The molecule has 0 radical (unpaired) electrons. The molecular formula is C30H29BN4O. The maximum absolute atomic E-state index is 5.71. The van der Waals surface area contributed by atoms with Gasteiger partial charge in [0.2, 0.25) is 0 Å². The molecule has 0 saturated heterocycles. The maximum Gasteiger partial charge on any atom is 0.415 e. The SMILES string of the molecule is COc1cccc(N2c3cccc4c3N(c3c(ccc(C)c3C)B3Nc5ccccc5N34)[C@@H]2C)c1C. The zero-order valence-corrected chi connectivity index (χ0v) is 21.3. The smallest absolute Gasteiger partial charge is 0.415 e. The second kappa shape index (κ2) is 7.47. The molecule has 4 aromatic carbocycles. The summed E-state index contributed by atoms with van der Waals surface area (Å²) in [6.07, 6.45) is 0.0847. The van der Waals surface area contributed by atoms with E-state index < -0.39 is 0 Å². The van der Waals surface area contributed by atoms with Gasteiger partial charge in [0.15, 0.2) is 0 Å². The number of nitrogens with one attached hydrogen (secondary N) is 1. The summed E-state index contributed by atoms with van der Waals surface area (Å²) in [5, 5.41) is 3.84. The lowest BCUT2D eigenvalue weighted by Crippen LogP contribution is -2.49. The fraction of sp³-hybridized carbons (Fsp3) is 0.200. The number of aryl methyl sites for hydroxylation is 1. The minimum atomic E-state index is 0.0352. The van der Waals surface area contributed by atoms with Crippen LogP contribution in [0.25, 0.3) is 0 Å². The number of nitrogens with zero attached hydrogens (tertiary/aromatic N) is 3. The molecule has 0 amide bonds. The Hall–Kier alpha value is -4.06. The van der Waals surface area contributed by atoms with Gasteiger partial charge in [-0.15, -0.1) is 0 Å². The summed E-state index contributed by atoms with van der Waals surface area (Å²) in [6, 6.07) is 26.3. The molecule has 3 aliphatic rings. The molecule has 36 heavy (non-hydrogen) atoms. The van der Waals surface area contributed by atoms with Crippen LogP contribution < -0.4 is 30.0 Å². The van der Waals surface area contributed by atoms with E-state index in [0.717, 1.165) is 11.3 Å². The van der Waals surface area contributed by atoms with E-state index >= 15 is 0 Å². The zero-order valence-electron chi connectivity index (χ0n) is 21.3. The largest absolute Gasteiger partial charge is 0.496 e. The third kappa shape index (κ3) is 2.62. The van der Waals surface area contributed by atoms with E-state index in [-0.39, 0.29) is 13.1 Å². The van der Waals surface area contributed by atoms with Crippen molar-refractivity contribution in [2.24, 2.45) is 0 Å². The Balaban J connectivity index is 1.56. The molecule has 1 atom stereocenters. The number of rotatable bonds is 2. The van der Waals surface area contributed by atoms with E-state index in [9.17, 15) is 0 Å². The Morgan fingerprint density at radius 1 is 0.722 bits per heavy atom. The molecule has 0 aliphatic carbocycles. The maximum atomic E-state index is 5.71. The van der Waals surface area contributed by atoms with Gasteiger partial charge in [0.1, 0.15) is 11.9 Å². The first-order chi connectivity index (χ1) is 17.5. The van der Waals surface area contributed by atoms with Crippen molar-refractivity contribution in [3.63, 3.8) is 0 Å². The Morgan fingerprint density at radius 3 is 2.28 bits per heavy atom. The highest BCUT2D eigenvalue weighted by Crippen LogP contribution is 2.57. The number of hydrogen-bond acceptors (Lipinski definition) is 5. The monoisotopic (exact) mass is 472 g/mol. The normalized spacial score (nSPS) is 16.8.